The molecule has 0 saturated heterocycles. The van der Waals surface area contributed by atoms with E-state index in [0.29, 0.717) is 4.88 Å². The molecule has 0 fully saturated rings. The molecule has 0 saturated carbocycles. The van der Waals surface area contributed by atoms with Gasteiger partial charge in [0.15, 0.2) is 6.10 Å². The van der Waals surface area contributed by atoms with Crippen molar-refractivity contribution in [2.24, 2.45) is 0 Å². The Labute approximate surface area is 146 Å². The highest BCUT2D eigenvalue weighted by Crippen LogP contribution is 2.30. The molecule has 1 aromatic rings. The number of ether oxygens (including phenoxy) is 1. The summed E-state index contributed by atoms with van der Waals surface area (Å²) in [6.45, 7) is 6.86. The van der Waals surface area contributed by atoms with E-state index < -0.39 is 29.6 Å². The lowest BCUT2D eigenvalue weighted by Gasteiger charge is -2.21. The van der Waals surface area contributed by atoms with Crippen LogP contribution in [0.25, 0.3) is 0 Å². The van der Waals surface area contributed by atoms with E-state index >= 15 is 0 Å². The Morgan fingerprint density at radius 2 is 1.88 bits per heavy atom. The van der Waals surface area contributed by atoms with Gasteiger partial charge in [0.05, 0.1) is 0 Å². The maximum absolute atomic E-state index is 12.2. The van der Waals surface area contributed by atoms with Crippen LogP contribution in [0.4, 0.5) is 4.79 Å². The molecule has 1 heterocycles. The monoisotopic (exact) mass is 352 g/mol. The zero-order chi connectivity index (χ0) is 17.9. The van der Waals surface area contributed by atoms with Crippen LogP contribution in [0.2, 0.25) is 0 Å². The number of rotatable bonds is 3. The summed E-state index contributed by atoms with van der Waals surface area (Å²) < 4.78 is 5.19. The minimum Gasteiger partial charge on any atom is -0.448 e. The first-order valence-electron chi connectivity index (χ1n) is 8.11. The molecule has 0 aliphatic heterocycles. The van der Waals surface area contributed by atoms with Crippen LogP contribution in [0.1, 0.15) is 60.6 Å². The number of nitrogens with one attached hydrogen (secondary N) is 2. The van der Waals surface area contributed by atoms with Gasteiger partial charge in [-0.05, 0) is 65.0 Å². The molecule has 1 aliphatic carbocycles. The van der Waals surface area contributed by atoms with Crippen molar-refractivity contribution in [3.05, 3.63) is 21.4 Å². The normalized spacial score (nSPS) is 15.2. The highest BCUT2D eigenvalue weighted by molar-refractivity contribution is 7.14. The van der Waals surface area contributed by atoms with Gasteiger partial charge in [-0.2, -0.15) is 0 Å². The van der Waals surface area contributed by atoms with Crippen LogP contribution in [0.3, 0.4) is 0 Å². The van der Waals surface area contributed by atoms with Crippen molar-refractivity contribution in [1.82, 2.24) is 10.6 Å². The molecular weight excluding hydrogens is 328 g/mol. The minimum absolute atomic E-state index is 0.458. The highest BCUT2D eigenvalue weighted by atomic mass is 32.1. The molecular formula is C17H24N2O4S. The lowest BCUT2D eigenvalue weighted by atomic mass is 9.99. The van der Waals surface area contributed by atoms with Gasteiger partial charge in [0.25, 0.3) is 5.91 Å². The van der Waals surface area contributed by atoms with Crippen LogP contribution in [-0.2, 0) is 22.4 Å². The predicted molar refractivity (Wildman–Crippen MR) is 92.3 cm³/mol. The molecule has 1 aromatic heterocycles. The molecule has 2 rings (SSSR count). The van der Waals surface area contributed by atoms with E-state index in [-0.39, 0.29) is 0 Å². The van der Waals surface area contributed by atoms with Gasteiger partial charge in [0.2, 0.25) is 0 Å². The fraction of sp³-hybridized carbons (Fsp3) is 0.588. The zero-order valence-corrected chi connectivity index (χ0v) is 15.3. The van der Waals surface area contributed by atoms with E-state index in [1.807, 2.05) is 6.07 Å². The maximum atomic E-state index is 12.2. The van der Waals surface area contributed by atoms with Crippen LogP contribution in [0, 0.1) is 0 Å². The first-order chi connectivity index (χ1) is 11.2. The number of fused-ring (bicyclic) bond motifs is 1. The van der Waals surface area contributed by atoms with Crippen molar-refractivity contribution >= 4 is 29.2 Å². The highest BCUT2D eigenvalue weighted by Gasteiger charge is 2.24. The topological polar surface area (TPSA) is 84.5 Å². The average Bonchev–Trinajstić information content (AvgIpc) is 2.88. The summed E-state index contributed by atoms with van der Waals surface area (Å²) in [5, 5.41) is 4.79. The quantitative estimate of drug-likeness (QED) is 0.819. The summed E-state index contributed by atoms with van der Waals surface area (Å²) in [5.74, 6) is -1.17. The first-order valence-corrected chi connectivity index (χ1v) is 8.93. The summed E-state index contributed by atoms with van der Waals surface area (Å²) >= 11 is 1.43. The number of esters is 1. The lowest BCUT2D eigenvalue weighted by Crippen LogP contribution is -2.50. The van der Waals surface area contributed by atoms with E-state index in [9.17, 15) is 14.4 Å². The van der Waals surface area contributed by atoms with Gasteiger partial charge < -0.3 is 10.1 Å². The molecule has 24 heavy (non-hydrogen) atoms. The third kappa shape index (κ3) is 5.06. The van der Waals surface area contributed by atoms with Crippen molar-refractivity contribution in [2.45, 2.75) is 65.0 Å². The molecule has 1 aliphatic rings. The number of thiophene rings is 1. The van der Waals surface area contributed by atoms with Crippen molar-refractivity contribution in [3.63, 3.8) is 0 Å². The molecule has 0 spiro atoms. The first kappa shape index (κ1) is 18.4. The van der Waals surface area contributed by atoms with Gasteiger partial charge in [-0.25, -0.2) is 9.59 Å². The summed E-state index contributed by atoms with van der Waals surface area (Å²) in [5.41, 5.74) is 0.750. The van der Waals surface area contributed by atoms with Gasteiger partial charge in [-0.1, -0.05) is 0 Å². The molecule has 0 bridgehead atoms. The SMILES string of the molecule is C[C@H](OC(=O)c1cc2c(s1)CCCC2)C(=O)NC(=O)NC(C)(C)C. The van der Waals surface area contributed by atoms with Gasteiger partial charge in [-0.15, -0.1) is 11.3 Å². The largest absolute Gasteiger partial charge is 0.448 e. The van der Waals surface area contributed by atoms with Gasteiger partial charge in [-0.3, -0.25) is 10.1 Å². The fourth-order valence-electron chi connectivity index (χ4n) is 2.45. The predicted octanol–water partition coefficient (Wildman–Crippen LogP) is 2.80. The van der Waals surface area contributed by atoms with Crippen molar-refractivity contribution < 1.29 is 19.1 Å². The number of hydrogen-bond acceptors (Lipinski definition) is 5. The summed E-state index contributed by atoms with van der Waals surface area (Å²) in [7, 11) is 0. The Morgan fingerprint density at radius 1 is 1.21 bits per heavy atom. The van der Waals surface area contributed by atoms with Crippen molar-refractivity contribution in [1.29, 1.82) is 0 Å². The molecule has 132 valence electrons. The third-order valence-corrected chi connectivity index (χ3v) is 4.79. The lowest BCUT2D eigenvalue weighted by molar-refractivity contribution is -0.127. The minimum atomic E-state index is -1.04. The number of aryl methyl sites for hydroxylation is 2. The Kier molecular flexibility index (Phi) is 5.64. The van der Waals surface area contributed by atoms with E-state index in [4.69, 9.17) is 4.74 Å². The van der Waals surface area contributed by atoms with Crippen LogP contribution in [0.15, 0.2) is 6.07 Å². The number of carbonyl (C=O) groups is 3. The molecule has 7 heteroatoms. The smallest absolute Gasteiger partial charge is 0.349 e. The molecule has 1 atom stereocenters. The van der Waals surface area contributed by atoms with Gasteiger partial charge >= 0.3 is 12.0 Å². The van der Waals surface area contributed by atoms with Crippen LogP contribution >= 0.6 is 11.3 Å². The van der Waals surface area contributed by atoms with Crippen LogP contribution < -0.4 is 10.6 Å². The summed E-state index contributed by atoms with van der Waals surface area (Å²) in [6, 6.07) is 1.25. The molecule has 0 unspecified atom stereocenters. The van der Waals surface area contributed by atoms with E-state index in [1.165, 1.54) is 28.7 Å². The number of carbonyl (C=O) groups excluding carboxylic acids is 3. The summed E-state index contributed by atoms with van der Waals surface area (Å²) in [6.07, 6.45) is 3.23. The zero-order valence-electron chi connectivity index (χ0n) is 14.5. The average molecular weight is 352 g/mol. The van der Waals surface area contributed by atoms with Crippen LogP contribution in [0.5, 0.6) is 0 Å². The van der Waals surface area contributed by atoms with E-state index in [0.717, 1.165) is 25.7 Å². The maximum Gasteiger partial charge on any atom is 0.349 e. The fourth-order valence-corrected chi connectivity index (χ4v) is 3.59. The number of amides is 3. The molecule has 0 aromatic carbocycles. The standard InChI is InChI=1S/C17H24N2O4S/c1-10(14(20)18-16(22)19-17(2,3)4)23-15(21)13-9-11-7-5-6-8-12(11)24-13/h9-10H,5-8H2,1-4H3,(H2,18,19,20,22)/t10-/m0/s1. The molecule has 3 amide bonds. The molecule has 6 nitrogen and oxygen atoms in total. The third-order valence-electron chi connectivity index (χ3n) is 3.58. The Balaban J connectivity index is 1.90. The number of imide groups is 1. The van der Waals surface area contributed by atoms with Gasteiger partial charge in [0.1, 0.15) is 4.88 Å². The Bertz CT molecular complexity index is 622. The van der Waals surface area contributed by atoms with Crippen molar-refractivity contribution in [3.8, 4) is 0 Å². The van der Waals surface area contributed by atoms with E-state index in [1.54, 1.807) is 20.8 Å². The molecule has 0 radical (unpaired) electrons. The number of urea groups is 1. The summed E-state index contributed by atoms with van der Waals surface area (Å²) in [4.78, 5) is 37.6. The van der Waals surface area contributed by atoms with E-state index in [2.05, 4.69) is 10.6 Å². The second-order valence-corrected chi connectivity index (χ2v) is 8.14. The molecule has 2 N–H and O–H groups in total. The van der Waals surface area contributed by atoms with Gasteiger partial charge in [0, 0.05) is 10.4 Å². The van der Waals surface area contributed by atoms with Crippen LogP contribution in [-0.4, -0.2) is 29.6 Å². The second kappa shape index (κ2) is 7.34. The Morgan fingerprint density at radius 3 is 2.50 bits per heavy atom. The number of hydrogen-bond donors (Lipinski definition) is 2. The van der Waals surface area contributed by atoms with Crippen molar-refractivity contribution in [2.75, 3.05) is 0 Å². The second-order valence-electron chi connectivity index (χ2n) is 7.01. The Hall–Kier alpha value is -1.89.